The number of ether oxygens (including phenoxy) is 3. The van der Waals surface area contributed by atoms with Gasteiger partial charge in [-0.15, -0.1) is 0 Å². The summed E-state index contributed by atoms with van der Waals surface area (Å²) < 4.78 is 15.9. The van der Waals surface area contributed by atoms with Crippen molar-refractivity contribution in [1.82, 2.24) is 0 Å². The third-order valence-corrected chi connectivity index (χ3v) is 3.00. The van der Waals surface area contributed by atoms with E-state index in [9.17, 15) is 4.79 Å². The van der Waals surface area contributed by atoms with Gasteiger partial charge in [0.2, 0.25) is 0 Å². The SMILES string of the molecule is COCCCCOc1ccc2c(c1)OC(C(=O)O)C2. The lowest BCUT2D eigenvalue weighted by Gasteiger charge is -2.08. The van der Waals surface area contributed by atoms with E-state index in [1.807, 2.05) is 12.1 Å². The van der Waals surface area contributed by atoms with Gasteiger partial charge in [0.15, 0.2) is 6.10 Å². The molecular weight excluding hydrogens is 248 g/mol. The number of unbranched alkanes of at least 4 members (excludes halogenated alkanes) is 1. The number of carboxylic acids is 1. The van der Waals surface area contributed by atoms with Crippen LogP contribution in [0.5, 0.6) is 11.5 Å². The molecular formula is C14H18O5. The van der Waals surface area contributed by atoms with Crippen LogP contribution in [-0.4, -0.2) is 37.5 Å². The summed E-state index contributed by atoms with van der Waals surface area (Å²) in [6, 6.07) is 5.47. The molecule has 0 bridgehead atoms. The summed E-state index contributed by atoms with van der Waals surface area (Å²) >= 11 is 0. The second kappa shape index (κ2) is 6.43. The van der Waals surface area contributed by atoms with E-state index in [2.05, 4.69) is 0 Å². The third kappa shape index (κ3) is 3.61. The Bertz CT molecular complexity index is 443. The van der Waals surface area contributed by atoms with E-state index in [-0.39, 0.29) is 0 Å². The van der Waals surface area contributed by atoms with Gasteiger partial charge in [0.1, 0.15) is 11.5 Å². The van der Waals surface area contributed by atoms with Crippen molar-refractivity contribution in [3.63, 3.8) is 0 Å². The van der Waals surface area contributed by atoms with E-state index < -0.39 is 12.1 Å². The number of carboxylic acid groups (broad SMARTS) is 1. The minimum Gasteiger partial charge on any atom is -0.493 e. The molecule has 5 nitrogen and oxygen atoms in total. The summed E-state index contributed by atoms with van der Waals surface area (Å²) in [7, 11) is 1.68. The van der Waals surface area contributed by atoms with Crippen LogP contribution in [0.3, 0.4) is 0 Å². The summed E-state index contributed by atoms with van der Waals surface area (Å²) in [5.74, 6) is 0.391. The van der Waals surface area contributed by atoms with Crippen molar-refractivity contribution in [3.8, 4) is 11.5 Å². The van der Waals surface area contributed by atoms with Gasteiger partial charge in [0, 0.05) is 26.2 Å². The van der Waals surface area contributed by atoms with E-state index in [0.29, 0.717) is 24.5 Å². The van der Waals surface area contributed by atoms with Crippen LogP contribution < -0.4 is 9.47 Å². The standard InChI is InChI=1S/C14H18O5/c1-17-6-2-3-7-18-11-5-4-10-8-13(14(15)16)19-12(10)9-11/h4-5,9,13H,2-3,6-8H2,1H3,(H,15,16). The molecule has 104 valence electrons. The highest BCUT2D eigenvalue weighted by atomic mass is 16.5. The third-order valence-electron chi connectivity index (χ3n) is 3.00. The van der Waals surface area contributed by atoms with Crippen molar-refractivity contribution < 1.29 is 24.1 Å². The van der Waals surface area contributed by atoms with Gasteiger partial charge in [-0.05, 0) is 24.5 Å². The lowest BCUT2D eigenvalue weighted by Crippen LogP contribution is -2.24. The second-order valence-electron chi connectivity index (χ2n) is 4.47. The molecule has 1 N–H and O–H groups in total. The summed E-state index contributed by atoms with van der Waals surface area (Å²) in [6.07, 6.45) is 1.52. The average Bonchev–Trinajstić information content (AvgIpc) is 2.82. The van der Waals surface area contributed by atoms with Gasteiger partial charge in [0.05, 0.1) is 6.61 Å². The number of hydrogen-bond acceptors (Lipinski definition) is 4. The zero-order valence-electron chi connectivity index (χ0n) is 10.9. The molecule has 1 heterocycles. The van der Waals surface area contributed by atoms with Gasteiger partial charge < -0.3 is 19.3 Å². The summed E-state index contributed by atoms with van der Waals surface area (Å²) in [5, 5.41) is 8.91. The van der Waals surface area contributed by atoms with Crippen molar-refractivity contribution in [1.29, 1.82) is 0 Å². The van der Waals surface area contributed by atoms with Crippen LogP contribution in [0.15, 0.2) is 18.2 Å². The first kappa shape index (κ1) is 13.7. The molecule has 0 radical (unpaired) electrons. The van der Waals surface area contributed by atoms with Crippen molar-refractivity contribution in [2.45, 2.75) is 25.4 Å². The van der Waals surface area contributed by atoms with Gasteiger partial charge in [-0.2, -0.15) is 0 Å². The first-order valence-corrected chi connectivity index (χ1v) is 6.35. The number of benzene rings is 1. The monoisotopic (exact) mass is 266 g/mol. The van der Waals surface area contributed by atoms with E-state index in [0.717, 1.165) is 25.0 Å². The molecule has 1 atom stereocenters. The molecule has 0 saturated carbocycles. The van der Waals surface area contributed by atoms with Crippen LogP contribution in [0.4, 0.5) is 0 Å². The van der Waals surface area contributed by atoms with E-state index >= 15 is 0 Å². The van der Waals surface area contributed by atoms with Crippen LogP contribution in [0, 0.1) is 0 Å². The number of carbonyl (C=O) groups is 1. The lowest BCUT2D eigenvalue weighted by molar-refractivity contribution is -0.144. The normalized spacial score (nSPS) is 16.8. The first-order valence-electron chi connectivity index (χ1n) is 6.35. The molecule has 0 aliphatic carbocycles. The minimum atomic E-state index is -0.932. The highest BCUT2D eigenvalue weighted by Gasteiger charge is 2.28. The molecule has 0 amide bonds. The Morgan fingerprint density at radius 1 is 1.42 bits per heavy atom. The Hall–Kier alpha value is -1.75. The van der Waals surface area contributed by atoms with Crippen LogP contribution >= 0.6 is 0 Å². The Morgan fingerprint density at radius 3 is 2.95 bits per heavy atom. The molecule has 0 fully saturated rings. The maximum Gasteiger partial charge on any atom is 0.345 e. The predicted molar refractivity (Wildman–Crippen MR) is 68.8 cm³/mol. The van der Waals surface area contributed by atoms with Gasteiger partial charge >= 0.3 is 5.97 Å². The van der Waals surface area contributed by atoms with E-state index in [1.165, 1.54) is 0 Å². The van der Waals surface area contributed by atoms with Crippen LogP contribution in [0.25, 0.3) is 0 Å². The molecule has 2 rings (SSSR count). The maximum atomic E-state index is 10.9. The van der Waals surface area contributed by atoms with E-state index in [4.69, 9.17) is 19.3 Å². The molecule has 1 aliphatic heterocycles. The fourth-order valence-corrected chi connectivity index (χ4v) is 1.97. The Labute approximate surface area is 112 Å². The number of hydrogen-bond donors (Lipinski definition) is 1. The van der Waals surface area contributed by atoms with Gasteiger partial charge in [0.25, 0.3) is 0 Å². The summed E-state index contributed by atoms with van der Waals surface area (Å²) in [4.78, 5) is 10.9. The number of fused-ring (bicyclic) bond motifs is 1. The van der Waals surface area contributed by atoms with Crippen molar-refractivity contribution in [2.24, 2.45) is 0 Å². The molecule has 5 heteroatoms. The summed E-state index contributed by atoms with van der Waals surface area (Å²) in [5.41, 5.74) is 0.916. The quantitative estimate of drug-likeness (QED) is 0.763. The Kier molecular flexibility index (Phi) is 4.63. The van der Waals surface area contributed by atoms with Gasteiger partial charge in [-0.1, -0.05) is 6.07 Å². The zero-order chi connectivity index (χ0) is 13.7. The highest BCUT2D eigenvalue weighted by molar-refractivity contribution is 5.74. The van der Waals surface area contributed by atoms with Gasteiger partial charge in [-0.25, -0.2) is 4.79 Å². The van der Waals surface area contributed by atoms with Crippen molar-refractivity contribution in [3.05, 3.63) is 23.8 Å². The molecule has 0 aromatic heterocycles. The number of methoxy groups -OCH3 is 1. The Morgan fingerprint density at radius 2 is 2.21 bits per heavy atom. The molecule has 19 heavy (non-hydrogen) atoms. The average molecular weight is 266 g/mol. The van der Waals surface area contributed by atoms with Gasteiger partial charge in [-0.3, -0.25) is 0 Å². The molecule has 1 aliphatic rings. The van der Waals surface area contributed by atoms with Crippen LogP contribution in [-0.2, 0) is 16.0 Å². The highest BCUT2D eigenvalue weighted by Crippen LogP contribution is 2.32. The van der Waals surface area contributed by atoms with Crippen molar-refractivity contribution >= 4 is 5.97 Å². The largest absolute Gasteiger partial charge is 0.493 e. The fourth-order valence-electron chi connectivity index (χ4n) is 1.97. The van der Waals surface area contributed by atoms with Crippen LogP contribution in [0.2, 0.25) is 0 Å². The predicted octanol–water partition coefficient (Wildman–Crippen LogP) is 1.88. The fraction of sp³-hybridized carbons (Fsp3) is 0.500. The molecule has 0 spiro atoms. The molecule has 1 unspecified atom stereocenters. The first-order chi connectivity index (χ1) is 9.20. The second-order valence-corrected chi connectivity index (χ2v) is 4.47. The molecule has 0 saturated heterocycles. The Balaban J connectivity index is 1.85. The molecule has 1 aromatic carbocycles. The molecule has 1 aromatic rings. The van der Waals surface area contributed by atoms with Crippen molar-refractivity contribution in [2.75, 3.05) is 20.3 Å². The topological polar surface area (TPSA) is 65.0 Å². The zero-order valence-corrected chi connectivity index (χ0v) is 10.9. The smallest absolute Gasteiger partial charge is 0.345 e. The number of aliphatic carboxylic acids is 1. The lowest BCUT2D eigenvalue weighted by atomic mass is 10.1. The van der Waals surface area contributed by atoms with Crippen LogP contribution in [0.1, 0.15) is 18.4 Å². The summed E-state index contributed by atoms with van der Waals surface area (Å²) in [6.45, 7) is 1.35. The minimum absolute atomic E-state index is 0.415. The number of rotatable bonds is 7. The maximum absolute atomic E-state index is 10.9. The van der Waals surface area contributed by atoms with E-state index in [1.54, 1.807) is 13.2 Å².